The van der Waals surface area contributed by atoms with E-state index < -0.39 is 0 Å². The summed E-state index contributed by atoms with van der Waals surface area (Å²) in [6.07, 6.45) is 0.947. The van der Waals surface area contributed by atoms with Crippen LogP contribution < -0.4 is 10.6 Å². The van der Waals surface area contributed by atoms with Gasteiger partial charge in [-0.1, -0.05) is 34.1 Å². The monoisotopic (exact) mass is 380 g/mol. The van der Waals surface area contributed by atoms with Gasteiger partial charge in [-0.25, -0.2) is 9.78 Å². The van der Waals surface area contributed by atoms with Crippen LogP contribution in [0.2, 0.25) is 0 Å². The third kappa shape index (κ3) is 3.66. The van der Waals surface area contributed by atoms with Crippen molar-refractivity contribution in [1.82, 2.24) is 15.2 Å². The van der Waals surface area contributed by atoms with Crippen molar-refractivity contribution in [1.29, 1.82) is 0 Å². The highest BCUT2D eigenvalue weighted by Crippen LogP contribution is 2.27. The predicted molar refractivity (Wildman–Crippen MR) is 92.2 cm³/mol. The zero-order valence-electron chi connectivity index (χ0n) is 12.2. The van der Waals surface area contributed by atoms with Gasteiger partial charge in [-0.15, -0.1) is 11.3 Å². The van der Waals surface area contributed by atoms with Crippen molar-refractivity contribution < 1.29 is 4.79 Å². The number of hydrogen-bond acceptors (Lipinski definition) is 4. The minimum Gasteiger partial charge on any atom is -0.334 e. The first kappa shape index (κ1) is 15.5. The summed E-state index contributed by atoms with van der Waals surface area (Å²) < 4.78 is 0.989. The number of carbonyl (C=O) groups excluding carboxylic acids is 1. The summed E-state index contributed by atoms with van der Waals surface area (Å²) in [6, 6.07) is 7.61. The number of nitrogens with zero attached hydrogens (tertiary/aromatic N) is 2. The SMILES string of the molecule is CN1CCc2nc(NC(=O)NCc3ccccc3Br)sc2C1. The molecule has 0 saturated heterocycles. The van der Waals surface area contributed by atoms with Gasteiger partial charge in [0.25, 0.3) is 0 Å². The van der Waals surface area contributed by atoms with Gasteiger partial charge in [0, 0.05) is 35.4 Å². The van der Waals surface area contributed by atoms with Crippen LogP contribution in [0, 0.1) is 0 Å². The van der Waals surface area contributed by atoms with E-state index in [9.17, 15) is 4.79 Å². The van der Waals surface area contributed by atoms with Gasteiger partial charge in [0.15, 0.2) is 5.13 Å². The Morgan fingerprint density at radius 1 is 1.45 bits per heavy atom. The highest BCUT2D eigenvalue weighted by Gasteiger charge is 2.19. The zero-order valence-corrected chi connectivity index (χ0v) is 14.6. The topological polar surface area (TPSA) is 57.3 Å². The number of rotatable bonds is 3. The van der Waals surface area contributed by atoms with Crippen LogP contribution in [0.4, 0.5) is 9.93 Å². The zero-order chi connectivity index (χ0) is 15.5. The quantitative estimate of drug-likeness (QED) is 0.859. The first-order chi connectivity index (χ1) is 10.6. The Labute approximate surface area is 141 Å². The third-order valence-electron chi connectivity index (χ3n) is 3.54. The molecular weight excluding hydrogens is 364 g/mol. The van der Waals surface area contributed by atoms with Gasteiger partial charge in [0.1, 0.15) is 0 Å². The van der Waals surface area contributed by atoms with Crippen molar-refractivity contribution in [3.8, 4) is 0 Å². The van der Waals surface area contributed by atoms with Gasteiger partial charge in [-0.3, -0.25) is 5.32 Å². The number of carbonyl (C=O) groups is 1. The Kier molecular flexibility index (Phi) is 4.75. The molecule has 2 N–H and O–H groups in total. The number of aromatic nitrogens is 1. The van der Waals surface area contributed by atoms with Gasteiger partial charge in [-0.05, 0) is 18.7 Å². The molecule has 5 nitrogen and oxygen atoms in total. The highest BCUT2D eigenvalue weighted by atomic mass is 79.9. The number of benzene rings is 1. The molecule has 2 amide bonds. The average molecular weight is 381 g/mol. The summed E-state index contributed by atoms with van der Waals surface area (Å²) >= 11 is 5.03. The van der Waals surface area contributed by atoms with Crippen LogP contribution in [0.15, 0.2) is 28.7 Å². The maximum atomic E-state index is 12.0. The second-order valence-corrected chi connectivity index (χ2v) is 7.21. The van der Waals surface area contributed by atoms with Crippen LogP contribution in [0.25, 0.3) is 0 Å². The maximum absolute atomic E-state index is 12.0. The molecular formula is C15H17BrN4OS. The van der Waals surface area contributed by atoms with Gasteiger partial charge in [0.05, 0.1) is 5.69 Å². The molecule has 1 aliphatic rings. The third-order valence-corrected chi connectivity index (χ3v) is 5.31. The van der Waals surface area contributed by atoms with Crippen LogP contribution in [-0.4, -0.2) is 29.5 Å². The summed E-state index contributed by atoms with van der Waals surface area (Å²) in [7, 11) is 2.10. The first-order valence-electron chi connectivity index (χ1n) is 7.07. The number of urea groups is 1. The van der Waals surface area contributed by atoms with Crippen LogP contribution in [-0.2, 0) is 19.5 Å². The number of nitrogens with one attached hydrogen (secondary N) is 2. The van der Waals surface area contributed by atoms with Crippen molar-refractivity contribution in [3.05, 3.63) is 44.9 Å². The molecule has 3 rings (SSSR count). The Hall–Kier alpha value is -1.44. The van der Waals surface area contributed by atoms with Crippen LogP contribution >= 0.6 is 27.3 Å². The highest BCUT2D eigenvalue weighted by molar-refractivity contribution is 9.10. The smallest absolute Gasteiger partial charge is 0.321 e. The summed E-state index contributed by atoms with van der Waals surface area (Å²) in [6.45, 7) is 2.40. The molecule has 1 aromatic heterocycles. The van der Waals surface area contributed by atoms with Crippen molar-refractivity contribution >= 4 is 38.4 Å². The van der Waals surface area contributed by atoms with Crippen LogP contribution in [0.3, 0.4) is 0 Å². The molecule has 2 heterocycles. The van der Waals surface area contributed by atoms with E-state index >= 15 is 0 Å². The normalized spacial score (nSPS) is 14.5. The lowest BCUT2D eigenvalue weighted by molar-refractivity contribution is 0.251. The lowest BCUT2D eigenvalue weighted by Crippen LogP contribution is -2.28. The summed E-state index contributed by atoms with van der Waals surface area (Å²) in [5, 5.41) is 6.35. The van der Waals surface area contributed by atoms with E-state index in [1.807, 2.05) is 24.3 Å². The Balaban J connectivity index is 1.57. The molecule has 1 aliphatic heterocycles. The summed E-state index contributed by atoms with van der Waals surface area (Å²) in [4.78, 5) is 20.0. The fourth-order valence-corrected chi connectivity index (χ4v) is 3.84. The Morgan fingerprint density at radius 3 is 3.09 bits per heavy atom. The van der Waals surface area contributed by atoms with E-state index in [0.717, 1.165) is 35.2 Å². The molecule has 1 aromatic carbocycles. The minimum atomic E-state index is -0.227. The largest absolute Gasteiger partial charge is 0.334 e. The molecule has 0 atom stereocenters. The van der Waals surface area contributed by atoms with Gasteiger partial charge in [0.2, 0.25) is 0 Å². The van der Waals surface area contributed by atoms with E-state index in [0.29, 0.717) is 11.7 Å². The standard InChI is InChI=1S/C15H17BrN4OS/c1-20-7-6-12-13(9-20)22-15(18-12)19-14(21)17-8-10-4-2-3-5-11(10)16/h2-5H,6-9H2,1H3,(H2,17,18,19,21). The second kappa shape index (κ2) is 6.76. The molecule has 2 aromatic rings. The summed E-state index contributed by atoms with van der Waals surface area (Å²) in [5.41, 5.74) is 2.15. The van der Waals surface area contributed by atoms with Crippen molar-refractivity contribution in [3.63, 3.8) is 0 Å². The van der Waals surface area contributed by atoms with E-state index in [1.165, 1.54) is 4.88 Å². The molecule has 0 unspecified atom stereocenters. The number of halogens is 1. The molecule has 0 radical (unpaired) electrons. The van der Waals surface area contributed by atoms with Crippen molar-refractivity contribution in [2.45, 2.75) is 19.5 Å². The molecule has 22 heavy (non-hydrogen) atoms. The number of anilines is 1. The number of hydrogen-bond donors (Lipinski definition) is 2. The number of thiazole rings is 1. The number of likely N-dealkylation sites (N-methyl/N-ethyl adjacent to an activating group) is 1. The summed E-state index contributed by atoms with van der Waals surface area (Å²) in [5.74, 6) is 0. The Morgan fingerprint density at radius 2 is 2.27 bits per heavy atom. The van der Waals surface area contributed by atoms with Gasteiger partial charge < -0.3 is 10.2 Å². The van der Waals surface area contributed by atoms with Crippen molar-refractivity contribution in [2.75, 3.05) is 18.9 Å². The van der Waals surface area contributed by atoms with Gasteiger partial charge in [-0.2, -0.15) is 0 Å². The van der Waals surface area contributed by atoms with Crippen LogP contribution in [0.5, 0.6) is 0 Å². The van der Waals surface area contributed by atoms with E-state index in [4.69, 9.17) is 0 Å². The number of amides is 2. The second-order valence-electron chi connectivity index (χ2n) is 5.28. The minimum absolute atomic E-state index is 0.227. The molecule has 0 aliphatic carbocycles. The average Bonchev–Trinajstić information content (AvgIpc) is 2.87. The molecule has 116 valence electrons. The molecule has 0 saturated carbocycles. The maximum Gasteiger partial charge on any atom is 0.321 e. The van der Waals surface area contributed by atoms with E-state index in [1.54, 1.807) is 11.3 Å². The molecule has 7 heteroatoms. The fraction of sp³-hybridized carbons (Fsp3) is 0.333. The van der Waals surface area contributed by atoms with Gasteiger partial charge >= 0.3 is 6.03 Å². The Bertz CT molecular complexity index is 688. The van der Waals surface area contributed by atoms with Crippen molar-refractivity contribution in [2.24, 2.45) is 0 Å². The first-order valence-corrected chi connectivity index (χ1v) is 8.68. The predicted octanol–water partition coefficient (Wildman–Crippen LogP) is 3.22. The van der Waals surface area contributed by atoms with Crippen LogP contribution in [0.1, 0.15) is 16.1 Å². The van der Waals surface area contributed by atoms with E-state index in [2.05, 4.69) is 43.5 Å². The number of fused-ring (bicyclic) bond motifs is 1. The molecule has 0 spiro atoms. The fourth-order valence-electron chi connectivity index (χ4n) is 2.34. The lowest BCUT2D eigenvalue weighted by atomic mass is 10.2. The molecule has 0 bridgehead atoms. The lowest BCUT2D eigenvalue weighted by Gasteiger charge is -2.20. The van der Waals surface area contributed by atoms with E-state index in [-0.39, 0.29) is 6.03 Å². The molecule has 0 fully saturated rings.